The van der Waals surface area contributed by atoms with Gasteiger partial charge in [0.25, 0.3) is 0 Å². The van der Waals surface area contributed by atoms with Gasteiger partial charge in [-0.3, -0.25) is 0 Å². The van der Waals surface area contributed by atoms with Gasteiger partial charge < -0.3 is 20.3 Å². The molecule has 0 unspecified atom stereocenters. The number of carbonyl (C=O) groups is 1. The van der Waals surface area contributed by atoms with Crippen molar-refractivity contribution in [3.63, 3.8) is 0 Å². The number of ether oxygens (including phenoxy) is 1. The Hall–Kier alpha value is -2.01. The maximum absolute atomic E-state index is 11.7. The molecule has 0 spiro atoms. The highest BCUT2D eigenvalue weighted by molar-refractivity contribution is 5.76. The van der Waals surface area contributed by atoms with Crippen molar-refractivity contribution in [2.45, 2.75) is 20.3 Å². The number of nitrogens with zero attached hydrogens (tertiary/aromatic N) is 1. The molecule has 1 rings (SSSR count). The molecule has 0 heterocycles. The summed E-state index contributed by atoms with van der Waals surface area (Å²) in [6, 6.07) is 7.46. The monoisotopic (exact) mass is 305 g/mol. The van der Waals surface area contributed by atoms with Crippen LogP contribution in [0.25, 0.3) is 6.08 Å². The number of amides is 2. The molecule has 122 valence electrons. The highest BCUT2D eigenvalue weighted by Crippen LogP contribution is 2.18. The summed E-state index contributed by atoms with van der Waals surface area (Å²) in [5.41, 5.74) is 0.923. The average Bonchev–Trinajstić information content (AvgIpc) is 2.55. The molecule has 2 amide bonds. The molecule has 0 saturated carbocycles. The normalized spacial score (nSPS) is 10.9. The largest absolute Gasteiger partial charge is 0.496 e. The average molecular weight is 305 g/mol. The van der Waals surface area contributed by atoms with Crippen LogP contribution in [0.1, 0.15) is 25.8 Å². The summed E-state index contributed by atoms with van der Waals surface area (Å²) in [7, 11) is 1.63. The van der Waals surface area contributed by atoms with Crippen LogP contribution in [0.15, 0.2) is 30.5 Å². The molecule has 5 heteroatoms. The van der Waals surface area contributed by atoms with Gasteiger partial charge in [-0.15, -0.1) is 0 Å². The minimum atomic E-state index is -0.189. The maximum Gasteiger partial charge on any atom is 0.318 e. The molecular weight excluding hydrogens is 278 g/mol. The SMILES string of the molecule is CCN(CC)CCCNC(=O)N/C=C/c1ccccc1OC. The van der Waals surface area contributed by atoms with Crippen LogP contribution in [0, 0.1) is 0 Å². The van der Waals surface area contributed by atoms with Crippen molar-refractivity contribution in [1.82, 2.24) is 15.5 Å². The molecule has 0 aliphatic heterocycles. The lowest BCUT2D eigenvalue weighted by Crippen LogP contribution is -2.34. The highest BCUT2D eigenvalue weighted by Gasteiger charge is 2.00. The Bertz CT molecular complexity index is 471. The fraction of sp³-hybridized carbons (Fsp3) is 0.471. The summed E-state index contributed by atoms with van der Waals surface area (Å²) in [5, 5.41) is 5.54. The number of methoxy groups -OCH3 is 1. The zero-order valence-corrected chi connectivity index (χ0v) is 13.8. The first kappa shape index (κ1) is 18.0. The van der Waals surface area contributed by atoms with E-state index in [4.69, 9.17) is 4.74 Å². The fourth-order valence-corrected chi connectivity index (χ4v) is 2.11. The zero-order chi connectivity index (χ0) is 16.2. The van der Waals surface area contributed by atoms with Crippen molar-refractivity contribution < 1.29 is 9.53 Å². The van der Waals surface area contributed by atoms with Crippen molar-refractivity contribution in [3.05, 3.63) is 36.0 Å². The van der Waals surface area contributed by atoms with Crippen molar-refractivity contribution in [2.24, 2.45) is 0 Å². The quantitative estimate of drug-likeness (QED) is 0.690. The Morgan fingerprint density at radius 2 is 2.00 bits per heavy atom. The van der Waals surface area contributed by atoms with Crippen LogP contribution in [-0.4, -0.2) is 44.2 Å². The fourth-order valence-electron chi connectivity index (χ4n) is 2.11. The Morgan fingerprint density at radius 3 is 2.68 bits per heavy atom. The van der Waals surface area contributed by atoms with E-state index >= 15 is 0 Å². The third-order valence-corrected chi connectivity index (χ3v) is 3.45. The molecule has 0 aliphatic rings. The van der Waals surface area contributed by atoms with E-state index in [2.05, 4.69) is 29.4 Å². The van der Waals surface area contributed by atoms with Gasteiger partial charge in [0.15, 0.2) is 0 Å². The number of para-hydroxylation sites is 1. The topological polar surface area (TPSA) is 53.6 Å². The second-order valence-corrected chi connectivity index (χ2v) is 4.86. The van der Waals surface area contributed by atoms with E-state index < -0.39 is 0 Å². The van der Waals surface area contributed by atoms with Crippen molar-refractivity contribution in [3.8, 4) is 5.75 Å². The van der Waals surface area contributed by atoms with Crippen LogP contribution in [0.5, 0.6) is 5.75 Å². The number of nitrogens with one attached hydrogen (secondary N) is 2. The van der Waals surface area contributed by atoms with Crippen molar-refractivity contribution in [1.29, 1.82) is 0 Å². The Balaban J connectivity index is 2.27. The summed E-state index contributed by atoms with van der Waals surface area (Å²) in [4.78, 5) is 14.0. The number of hydrogen-bond acceptors (Lipinski definition) is 3. The molecule has 0 aromatic heterocycles. The van der Waals surface area contributed by atoms with Gasteiger partial charge >= 0.3 is 6.03 Å². The second-order valence-electron chi connectivity index (χ2n) is 4.86. The first-order valence-electron chi connectivity index (χ1n) is 7.77. The summed E-state index contributed by atoms with van der Waals surface area (Å²) in [5.74, 6) is 0.778. The molecule has 2 N–H and O–H groups in total. The van der Waals surface area contributed by atoms with Gasteiger partial charge in [-0.25, -0.2) is 4.79 Å². The Kier molecular flexibility index (Phi) is 8.76. The molecular formula is C17H27N3O2. The van der Waals surface area contributed by atoms with Gasteiger partial charge in [-0.1, -0.05) is 32.0 Å². The number of urea groups is 1. The molecule has 5 nitrogen and oxygen atoms in total. The van der Waals surface area contributed by atoms with Crippen LogP contribution in [0.4, 0.5) is 4.79 Å². The molecule has 0 bridgehead atoms. The van der Waals surface area contributed by atoms with Crippen LogP contribution in [0.2, 0.25) is 0 Å². The van der Waals surface area contributed by atoms with E-state index in [0.717, 1.165) is 37.4 Å². The molecule has 22 heavy (non-hydrogen) atoms. The Labute approximate surface area is 133 Å². The van der Waals surface area contributed by atoms with Gasteiger partial charge in [-0.05, 0) is 38.2 Å². The minimum absolute atomic E-state index is 0.189. The van der Waals surface area contributed by atoms with E-state index in [-0.39, 0.29) is 6.03 Å². The molecule has 0 fully saturated rings. The standard InChI is InChI=1S/C17H27N3O2/c1-4-20(5-2)14-8-12-18-17(21)19-13-11-15-9-6-7-10-16(15)22-3/h6-7,9-11,13H,4-5,8,12,14H2,1-3H3,(H2,18,19,21)/b13-11+. The predicted molar refractivity (Wildman–Crippen MR) is 91.0 cm³/mol. The molecule has 0 aliphatic carbocycles. The Morgan fingerprint density at radius 1 is 1.27 bits per heavy atom. The van der Waals surface area contributed by atoms with Gasteiger partial charge in [0.2, 0.25) is 0 Å². The minimum Gasteiger partial charge on any atom is -0.496 e. The second kappa shape index (κ2) is 10.7. The van der Waals surface area contributed by atoms with E-state index in [9.17, 15) is 4.79 Å². The van der Waals surface area contributed by atoms with Gasteiger partial charge in [-0.2, -0.15) is 0 Å². The van der Waals surface area contributed by atoms with E-state index in [1.807, 2.05) is 30.3 Å². The smallest absolute Gasteiger partial charge is 0.318 e. The molecule has 1 aromatic rings. The number of benzene rings is 1. The highest BCUT2D eigenvalue weighted by atomic mass is 16.5. The third-order valence-electron chi connectivity index (χ3n) is 3.45. The van der Waals surface area contributed by atoms with Crippen LogP contribution < -0.4 is 15.4 Å². The third kappa shape index (κ3) is 6.63. The first-order valence-corrected chi connectivity index (χ1v) is 7.77. The van der Waals surface area contributed by atoms with Crippen molar-refractivity contribution in [2.75, 3.05) is 33.3 Å². The summed E-state index contributed by atoms with van der Waals surface area (Å²) >= 11 is 0. The maximum atomic E-state index is 11.7. The molecule has 1 aromatic carbocycles. The van der Waals surface area contributed by atoms with Crippen LogP contribution in [0.3, 0.4) is 0 Å². The van der Waals surface area contributed by atoms with E-state index in [0.29, 0.717) is 6.54 Å². The van der Waals surface area contributed by atoms with Crippen LogP contribution in [-0.2, 0) is 0 Å². The first-order chi connectivity index (χ1) is 10.7. The van der Waals surface area contributed by atoms with Crippen LogP contribution >= 0.6 is 0 Å². The number of carbonyl (C=O) groups excluding carboxylic acids is 1. The van der Waals surface area contributed by atoms with E-state index in [1.54, 1.807) is 13.3 Å². The lowest BCUT2D eigenvalue weighted by atomic mass is 10.2. The summed E-state index contributed by atoms with van der Waals surface area (Å²) < 4.78 is 5.24. The lowest BCUT2D eigenvalue weighted by Gasteiger charge is -2.17. The summed E-state index contributed by atoms with van der Waals surface area (Å²) in [6.45, 7) is 8.06. The molecule has 0 atom stereocenters. The van der Waals surface area contributed by atoms with Gasteiger partial charge in [0, 0.05) is 18.3 Å². The zero-order valence-electron chi connectivity index (χ0n) is 13.8. The number of hydrogen-bond donors (Lipinski definition) is 2. The summed E-state index contributed by atoms with van der Waals surface area (Å²) in [6.07, 6.45) is 4.39. The van der Waals surface area contributed by atoms with Gasteiger partial charge in [0.1, 0.15) is 5.75 Å². The lowest BCUT2D eigenvalue weighted by molar-refractivity contribution is 0.242. The molecule has 0 saturated heterocycles. The molecule has 0 radical (unpaired) electrons. The predicted octanol–water partition coefficient (Wildman–Crippen LogP) is 2.70. The number of rotatable bonds is 9. The van der Waals surface area contributed by atoms with Gasteiger partial charge in [0.05, 0.1) is 7.11 Å². The van der Waals surface area contributed by atoms with E-state index in [1.165, 1.54) is 0 Å². The van der Waals surface area contributed by atoms with Crippen molar-refractivity contribution >= 4 is 12.1 Å².